The Morgan fingerprint density at radius 2 is 1.86 bits per heavy atom. The number of hydrogen-bond acceptors (Lipinski definition) is 3. The van der Waals surface area contributed by atoms with E-state index in [2.05, 4.69) is 18.0 Å². The predicted octanol–water partition coefficient (Wildman–Crippen LogP) is 6.47. The Hall–Kier alpha value is -2.62. The lowest BCUT2D eigenvalue weighted by atomic mass is 10.1. The van der Waals surface area contributed by atoms with Crippen molar-refractivity contribution in [1.29, 1.82) is 0 Å². The summed E-state index contributed by atoms with van der Waals surface area (Å²) in [7, 11) is 0. The van der Waals surface area contributed by atoms with Crippen molar-refractivity contribution in [2.75, 3.05) is 6.61 Å². The van der Waals surface area contributed by atoms with E-state index >= 15 is 0 Å². The lowest BCUT2D eigenvalue weighted by molar-refractivity contribution is 0.104. The first-order valence-corrected chi connectivity index (χ1v) is 10.1. The number of hydrogen-bond donors (Lipinski definition) is 0. The zero-order chi connectivity index (χ0) is 20.6. The van der Waals surface area contributed by atoms with Gasteiger partial charge in [-0.25, -0.2) is 0 Å². The highest BCUT2D eigenvalue weighted by Crippen LogP contribution is 2.22. The maximum Gasteiger partial charge on any atom is 0.187 e. The third-order valence-corrected chi connectivity index (χ3v) is 4.97. The minimum Gasteiger partial charge on any atom is -0.493 e. The van der Waals surface area contributed by atoms with Crippen molar-refractivity contribution >= 4 is 35.1 Å². The van der Waals surface area contributed by atoms with E-state index in [9.17, 15) is 4.79 Å². The van der Waals surface area contributed by atoms with Crippen molar-refractivity contribution in [3.8, 4) is 5.75 Å². The van der Waals surface area contributed by atoms with E-state index in [1.54, 1.807) is 24.3 Å². The number of benzene rings is 2. The third-order valence-electron chi connectivity index (χ3n) is 4.43. The normalized spacial score (nSPS) is 11.0. The smallest absolute Gasteiger partial charge is 0.187 e. The fraction of sp³-hybridized carbons (Fsp3) is 0.167. The van der Waals surface area contributed by atoms with Crippen LogP contribution in [0.3, 0.4) is 0 Å². The van der Waals surface area contributed by atoms with E-state index in [0.29, 0.717) is 22.2 Å². The molecular formula is C24H21Cl2NO2. The number of ether oxygens (including phenoxy) is 1. The van der Waals surface area contributed by atoms with Gasteiger partial charge in [0.1, 0.15) is 5.75 Å². The van der Waals surface area contributed by atoms with Crippen LogP contribution in [0.15, 0.2) is 66.9 Å². The maximum atomic E-state index is 12.3. The molecule has 3 rings (SSSR count). The number of pyridine rings is 1. The first-order chi connectivity index (χ1) is 14.0. The van der Waals surface area contributed by atoms with Gasteiger partial charge < -0.3 is 4.74 Å². The molecule has 5 heteroatoms. The molecule has 0 radical (unpaired) electrons. The second-order valence-corrected chi connectivity index (χ2v) is 7.34. The van der Waals surface area contributed by atoms with Crippen molar-refractivity contribution in [1.82, 2.24) is 4.98 Å². The number of carbonyl (C=O) groups is 1. The molecule has 0 saturated carbocycles. The van der Waals surface area contributed by atoms with Crippen LogP contribution in [-0.4, -0.2) is 17.4 Å². The largest absolute Gasteiger partial charge is 0.493 e. The van der Waals surface area contributed by atoms with Crippen LogP contribution in [0.2, 0.25) is 10.0 Å². The molecule has 1 aromatic heterocycles. The van der Waals surface area contributed by atoms with Crippen molar-refractivity contribution in [2.45, 2.75) is 19.8 Å². The first-order valence-electron chi connectivity index (χ1n) is 9.39. The minimum absolute atomic E-state index is 0.173. The molecule has 3 aromatic rings. The van der Waals surface area contributed by atoms with Crippen LogP contribution in [0.1, 0.15) is 34.1 Å². The Morgan fingerprint density at radius 1 is 1.07 bits per heavy atom. The zero-order valence-electron chi connectivity index (χ0n) is 16.1. The molecular weight excluding hydrogens is 405 g/mol. The zero-order valence-corrected chi connectivity index (χ0v) is 17.6. The second-order valence-electron chi connectivity index (χ2n) is 6.50. The molecule has 29 heavy (non-hydrogen) atoms. The van der Waals surface area contributed by atoms with Gasteiger partial charge in [-0.3, -0.25) is 9.78 Å². The standard InChI is InChI=1S/C24H21Cl2NO2/c1-2-17-3-8-20(27-16-17)13-14-29-21-9-4-18(5-10-21)6-12-24(28)22-11-7-19(25)15-23(22)26/h3-12,15-16H,2,13-14H2,1H3/b12-6+. The summed E-state index contributed by atoms with van der Waals surface area (Å²) in [6.07, 6.45) is 6.90. The van der Waals surface area contributed by atoms with E-state index in [-0.39, 0.29) is 5.78 Å². The van der Waals surface area contributed by atoms with Gasteiger partial charge in [-0.15, -0.1) is 0 Å². The molecule has 0 atom stereocenters. The fourth-order valence-electron chi connectivity index (χ4n) is 2.71. The fourth-order valence-corrected chi connectivity index (χ4v) is 3.21. The molecule has 0 N–H and O–H groups in total. The van der Waals surface area contributed by atoms with E-state index in [1.165, 1.54) is 11.6 Å². The Kier molecular flexibility index (Phi) is 7.45. The summed E-state index contributed by atoms with van der Waals surface area (Å²) in [6, 6.07) is 16.5. The number of aryl methyl sites for hydroxylation is 1. The molecule has 1 heterocycles. The summed E-state index contributed by atoms with van der Waals surface area (Å²) in [5.41, 5.74) is 3.57. The Labute approximate surface area is 181 Å². The highest BCUT2D eigenvalue weighted by molar-refractivity contribution is 6.37. The molecule has 0 unspecified atom stereocenters. The summed E-state index contributed by atoms with van der Waals surface area (Å²) >= 11 is 11.9. The molecule has 0 aliphatic carbocycles. The van der Waals surface area contributed by atoms with Gasteiger partial charge in [-0.1, -0.05) is 54.4 Å². The molecule has 0 aliphatic heterocycles. The molecule has 0 amide bonds. The van der Waals surface area contributed by atoms with Crippen molar-refractivity contribution in [3.63, 3.8) is 0 Å². The summed E-state index contributed by atoms with van der Waals surface area (Å²) in [6.45, 7) is 2.67. The molecule has 148 valence electrons. The van der Waals surface area contributed by atoms with E-state index in [0.717, 1.165) is 29.8 Å². The van der Waals surface area contributed by atoms with Gasteiger partial charge in [0.05, 0.1) is 11.6 Å². The van der Waals surface area contributed by atoms with Crippen molar-refractivity contribution < 1.29 is 9.53 Å². The summed E-state index contributed by atoms with van der Waals surface area (Å²) in [5.74, 6) is 0.605. The Morgan fingerprint density at radius 3 is 2.52 bits per heavy atom. The monoisotopic (exact) mass is 425 g/mol. The lowest BCUT2D eigenvalue weighted by Crippen LogP contribution is -2.03. The lowest BCUT2D eigenvalue weighted by Gasteiger charge is -2.06. The molecule has 3 nitrogen and oxygen atoms in total. The summed E-state index contributed by atoms with van der Waals surface area (Å²) in [5, 5.41) is 0.842. The molecule has 0 fully saturated rings. The SMILES string of the molecule is CCc1ccc(CCOc2ccc(/C=C/C(=O)c3ccc(Cl)cc3Cl)cc2)nc1. The number of rotatable bonds is 8. The number of ketones is 1. The summed E-state index contributed by atoms with van der Waals surface area (Å²) < 4.78 is 5.78. The maximum absolute atomic E-state index is 12.3. The van der Waals surface area contributed by atoms with Crippen LogP contribution in [0.4, 0.5) is 0 Å². The first kappa shape index (κ1) is 21.1. The quantitative estimate of drug-likeness (QED) is 0.306. The van der Waals surface area contributed by atoms with Crippen LogP contribution in [0.5, 0.6) is 5.75 Å². The van der Waals surface area contributed by atoms with Crippen LogP contribution < -0.4 is 4.74 Å². The number of halogens is 2. The van der Waals surface area contributed by atoms with Gasteiger partial charge in [-0.05, 0) is 60.0 Å². The number of aromatic nitrogens is 1. The molecule has 0 saturated heterocycles. The van der Waals surface area contributed by atoms with Crippen LogP contribution in [-0.2, 0) is 12.8 Å². The van der Waals surface area contributed by atoms with Crippen LogP contribution in [0.25, 0.3) is 6.08 Å². The Balaban J connectivity index is 1.52. The van der Waals surface area contributed by atoms with Crippen LogP contribution >= 0.6 is 23.2 Å². The van der Waals surface area contributed by atoms with E-state index in [1.807, 2.05) is 36.5 Å². The van der Waals surface area contributed by atoms with Gasteiger partial charge >= 0.3 is 0 Å². The van der Waals surface area contributed by atoms with Gasteiger partial charge in [0.2, 0.25) is 0 Å². The van der Waals surface area contributed by atoms with Gasteiger partial charge in [0, 0.05) is 28.9 Å². The Bertz CT molecular complexity index is 996. The molecule has 0 aliphatic rings. The highest BCUT2D eigenvalue weighted by atomic mass is 35.5. The van der Waals surface area contributed by atoms with Crippen molar-refractivity contribution in [3.05, 3.63) is 99.3 Å². The molecule has 2 aromatic carbocycles. The van der Waals surface area contributed by atoms with Crippen LogP contribution in [0, 0.1) is 0 Å². The minimum atomic E-state index is -0.173. The highest BCUT2D eigenvalue weighted by Gasteiger charge is 2.07. The third kappa shape index (κ3) is 6.18. The van der Waals surface area contributed by atoms with E-state index in [4.69, 9.17) is 27.9 Å². The van der Waals surface area contributed by atoms with Gasteiger partial charge in [0.25, 0.3) is 0 Å². The number of nitrogens with zero attached hydrogens (tertiary/aromatic N) is 1. The number of carbonyl (C=O) groups excluding carboxylic acids is 1. The van der Waals surface area contributed by atoms with Crippen molar-refractivity contribution in [2.24, 2.45) is 0 Å². The average Bonchev–Trinajstić information content (AvgIpc) is 2.73. The van der Waals surface area contributed by atoms with Gasteiger partial charge in [-0.2, -0.15) is 0 Å². The average molecular weight is 426 g/mol. The summed E-state index contributed by atoms with van der Waals surface area (Å²) in [4.78, 5) is 16.7. The van der Waals surface area contributed by atoms with Gasteiger partial charge in [0.15, 0.2) is 5.78 Å². The second kappa shape index (κ2) is 10.2. The van der Waals surface area contributed by atoms with E-state index < -0.39 is 0 Å². The number of allylic oxidation sites excluding steroid dienone is 1. The topological polar surface area (TPSA) is 39.2 Å². The molecule has 0 bridgehead atoms. The predicted molar refractivity (Wildman–Crippen MR) is 119 cm³/mol. The molecule has 0 spiro atoms.